The summed E-state index contributed by atoms with van der Waals surface area (Å²) in [4.78, 5) is 26.6. The molecule has 0 aliphatic heterocycles. The highest BCUT2D eigenvalue weighted by atomic mass is 79.9. The third kappa shape index (κ3) is 1.31. The topological polar surface area (TPSA) is 65.7 Å². The minimum absolute atomic E-state index is 0.273. The maximum Gasteiger partial charge on any atom is 0.323 e. The van der Waals surface area contributed by atoms with Gasteiger partial charge in [-0.2, -0.15) is 0 Å². The molecule has 0 bridgehead atoms. The van der Waals surface area contributed by atoms with Gasteiger partial charge < -0.3 is 9.97 Å². The Morgan fingerprint density at radius 2 is 1.85 bits per heavy atom. The van der Waals surface area contributed by atoms with Crippen molar-refractivity contribution in [1.29, 1.82) is 0 Å². The van der Waals surface area contributed by atoms with Crippen molar-refractivity contribution >= 4 is 33.2 Å². The van der Waals surface area contributed by atoms with Crippen LogP contribution < -0.4 is 5.69 Å². The van der Waals surface area contributed by atoms with E-state index in [1.807, 2.05) is 0 Å². The average molecular weight is 241 g/mol. The van der Waals surface area contributed by atoms with E-state index in [4.69, 9.17) is 0 Å². The van der Waals surface area contributed by atoms with Gasteiger partial charge in [0.15, 0.2) is 6.29 Å². The predicted molar refractivity (Wildman–Crippen MR) is 52.0 cm³/mol. The maximum atomic E-state index is 10.9. The fourth-order valence-corrected chi connectivity index (χ4v) is 1.60. The highest BCUT2D eigenvalue weighted by Crippen LogP contribution is 2.19. The Bertz CT molecular complexity index is 526. The van der Waals surface area contributed by atoms with Crippen LogP contribution in [0.3, 0.4) is 0 Å². The number of benzene rings is 1. The van der Waals surface area contributed by atoms with Gasteiger partial charge in [0.25, 0.3) is 0 Å². The number of aldehydes is 1. The van der Waals surface area contributed by atoms with Crippen LogP contribution in [0.4, 0.5) is 0 Å². The summed E-state index contributed by atoms with van der Waals surface area (Å²) in [6.07, 6.45) is 0.731. The summed E-state index contributed by atoms with van der Waals surface area (Å²) in [5, 5.41) is 0. The van der Waals surface area contributed by atoms with E-state index in [-0.39, 0.29) is 5.69 Å². The van der Waals surface area contributed by atoms with Gasteiger partial charge in [0.1, 0.15) is 0 Å². The van der Waals surface area contributed by atoms with Crippen molar-refractivity contribution in [2.45, 2.75) is 0 Å². The largest absolute Gasteiger partial charge is 0.323 e. The second kappa shape index (κ2) is 2.85. The molecule has 0 atom stereocenters. The van der Waals surface area contributed by atoms with E-state index in [1.165, 1.54) is 0 Å². The second-order valence-electron chi connectivity index (χ2n) is 2.62. The van der Waals surface area contributed by atoms with Gasteiger partial charge in [-0.15, -0.1) is 0 Å². The number of nitrogens with one attached hydrogen (secondary N) is 2. The molecule has 0 fully saturated rings. The van der Waals surface area contributed by atoms with Crippen LogP contribution in [-0.2, 0) is 0 Å². The van der Waals surface area contributed by atoms with E-state index in [2.05, 4.69) is 25.9 Å². The lowest BCUT2D eigenvalue weighted by atomic mass is 10.2. The molecular weight excluding hydrogens is 236 g/mol. The van der Waals surface area contributed by atoms with Gasteiger partial charge >= 0.3 is 5.69 Å². The van der Waals surface area contributed by atoms with Gasteiger partial charge in [-0.1, -0.05) is 0 Å². The van der Waals surface area contributed by atoms with E-state index >= 15 is 0 Å². The molecule has 66 valence electrons. The van der Waals surface area contributed by atoms with Crippen molar-refractivity contribution in [3.8, 4) is 0 Å². The molecule has 1 aromatic carbocycles. The number of hydrogen-bond donors (Lipinski definition) is 2. The third-order valence-corrected chi connectivity index (χ3v) is 2.45. The minimum Gasteiger partial charge on any atom is -0.306 e. The quantitative estimate of drug-likeness (QED) is 0.741. The van der Waals surface area contributed by atoms with Crippen molar-refractivity contribution < 1.29 is 4.79 Å². The number of aromatic nitrogens is 2. The lowest BCUT2D eigenvalue weighted by Gasteiger charge is -1.94. The number of hydrogen-bond acceptors (Lipinski definition) is 2. The summed E-state index contributed by atoms with van der Waals surface area (Å²) in [5.41, 5.74) is 1.56. The molecule has 1 heterocycles. The van der Waals surface area contributed by atoms with Gasteiger partial charge in [-0.25, -0.2) is 4.79 Å². The summed E-state index contributed by atoms with van der Waals surface area (Å²) in [5.74, 6) is 0. The SMILES string of the molecule is O=Cc1cc2[nH]c(=O)[nH]c2cc1Br. The van der Waals surface area contributed by atoms with Crippen molar-refractivity contribution in [2.75, 3.05) is 0 Å². The van der Waals surface area contributed by atoms with E-state index in [0.29, 0.717) is 21.1 Å². The first-order valence-corrected chi connectivity index (χ1v) is 4.37. The summed E-state index contributed by atoms with van der Waals surface area (Å²) in [6, 6.07) is 3.31. The van der Waals surface area contributed by atoms with Gasteiger partial charge in [0.2, 0.25) is 0 Å². The molecule has 13 heavy (non-hydrogen) atoms. The summed E-state index contributed by atoms with van der Waals surface area (Å²) >= 11 is 3.22. The molecular formula is C8H5BrN2O2. The van der Waals surface area contributed by atoms with Crippen LogP contribution in [0.15, 0.2) is 21.4 Å². The van der Waals surface area contributed by atoms with E-state index in [9.17, 15) is 9.59 Å². The number of carbonyl (C=O) groups is 1. The Morgan fingerprint density at radius 3 is 2.46 bits per heavy atom. The van der Waals surface area contributed by atoms with Gasteiger partial charge in [0, 0.05) is 10.0 Å². The van der Waals surface area contributed by atoms with Crippen LogP contribution in [0.25, 0.3) is 11.0 Å². The standard InChI is InChI=1S/C8H5BrN2O2/c9-5-2-7-6(1-4(5)3-12)10-8(13)11-7/h1-3H,(H2,10,11,13). The van der Waals surface area contributed by atoms with Gasteiger partial charge in [-0.05, 0) is 28.1 Å². The monoisotopic (exact) mass is 240 g/mol. The highest BCUT2D eigenvalue weighted by Gasteiger charge is 2.03. The molecule has 1 aromatic heterocycles. The zero-order chi connectivity index (χ0) is 9.42. The molecule has 0 amide bonds. The molecule has 2 rings (SSSR count). The minimum atomic E-state index is -0.273. The van der Waals surface area contributed by atoms with Crippen molar-refractivity contribution in [2.24, 2.45) is 0 Å². The average Bonchev–Trinajstić information content (AvgIpc) is 2.42. The first-order valence-electron chi connectivity index (χ1n) is 3.57. The van der Waals surface area contributed by atoms with Gasteiger partial charge in [0.05, 0.1) is 11.0 Å². The molecule has 0 aliphatic rings. The highest BCUT2D eigenvalue weighted by molar-refractivity contribution is 9.10. The van der Waals surface area contributed by atoms with Crippen LogP contribution in [0.1, 0.15) is 10.4 Å². The van der Waals surface area contributed by atoms with Crippen LogP contribution in [0.2, 0.25) is 0 Å². The molecule has 5 heteroatoms. The third-order valence-electron chi connectivity index (χ3n) is 1.76. The van der Waals surface area contributed by atoms with Crippen molar-refractivity contribution in [3.63, 3.8) is 0 Å². The Balaban J connectivity index is 2.87. The zero-order valence-electron chi connectivity index (χ0n) is 6.43. The maximum absolute atomic E-state index is 10.9. The second-order valence-corrected chi connectivity index (χ2v) is 3.47. The molecule has 2 aromatic rings. The molecule has 2 N–H and O–H groups in total. The molecule has 0 saturated carbocycles. The van der Waals surface area contributed by atoms with Gasteiger partial charge in [-0.3, -0.25) is 4.79 Å². The first kappa shape index (κ1) is 8.25. The first-order chi connectivity index (χ1) is 6.20. The van der Waals surface area contributed by atoms with Crippen LogP contribution in [-0.4, -0.2) is 16.3 Å². The number of H-pyrrole nitrogens is 2. The van der Waals surface area contributed by atoms with E-state index < -0.39 is 0 Å². The Kier molecular flexibility index (Phi) is 1.81. The lowest BCUT2D eigenvalue weighted by Crippen LogP contribution is -1.99. The Morgan fingerprint density at radius 1 is 1.23 bits per heavy atom. The van der Waals surface area contributed by atoms with Crippen molar-refractivity contribution in [3.05, 3.63) is 32.7 Å². The number of aromatic amines is 2. The Labute approximate surface area is 81.1 Å². The van der Waals surface area contributed by atoms with Crippen LogP contribution >= 0.6 is 15.9 Å². The summed E-state index contributed by atoms with van der Waals surface area (Å²) in [6.45, 7) is 0. The number of carbonyl (C=O) groups excluding carboxylic acids is 1. The molecule has 0 unspecified atom stereocenters. The number of rotatable bonds is 1. The lowest BCUT2D eigenvalue weighted by molar-refractivity contribution is 0.112. The van der Waals surface area contributed by atoms with Crippen molar-refractivity contribution in [1.82, 2.24) is 9.97 Å². The summed E-state index contributed by atoms with van der Waals surface area (Å²) < 4.78 is 0.672. The van der Waals surface area contributed by atoms with E-state index in [1.54, 1.807) is 12.1 Å². The smallest absolute Gasteiger partial charge is 0.306 e. The fourth-order valence-electron chi connectivity index (χ4n) is 1.16. The predicted octanol–water partition coefficient (Wildman–Crippen LogP) is 1.43. The zero-order valence-corrected chi connectivity index (χ0v) is 8.01. The van der Waals surface area contributed by atoms with Crippen LogP contribution in [0, 0.1) is 0 Å². The van der Waals surface area contributed by atoms with E-state index in [0.717, 1.165) is 6.29 Å². The van der Waals surface area contributed by atoms with Crippen LogP contribution in [0.5, 0.6) is 0 Å². The molecule has 4 nitrogen and oxygen atoms in total. The number of imidazole rings is 1. The Hall–Kier alpha value is -1.36. The fraction of sp³-hybridized carbons (Fsp3) is 0. The molecule has 0 spiro atoms. The molecule has 0 aliphatic carbocycles. The molecule has 0 radical (unpaired) electrons. The summed E-state index contributed by atoms with van der Waals surface area (Å²) in [7, 11) is 0. The normalized spacial score (nSPS) is 10.5. The molecule has 0 saturated heterocycles. The number of halogens is 1. The number of fused-ring (bicyclic) bond motifs is 1.